The lowest BCUT2D eigenvalue weighted by Gasteiger charge is -2.31. The molecule has 0 N–H and O–H groups in total. The van der Waals surface area contributed by atoms with E-state index in [2.05, 4.69) is 65.9 Å². The highest BCUT2D eigenvalue weighted by Crippen LogP contribution is 2.69. The minimum absolute atomic E-state index is 0.200. The van der Waals surface area contributed by atoms with Gasteiger partial charge in [-0.25, -0.2) is 0 Å². The van der Waals surface area contributed by atoms with E-state index < -0.39 is 8.32 Å². The molecule has 1 aromatic rings. The van der Waals surface area contributed by atoms with Crippen molar-refractivity contribution in [2.75, 3.05) is 0 Å². The Hall–Kier alpha value is -0.123. The van der Waals surface area contributed by atoms with Gasteiger partial charge < -0.3 is 4.43 Å². The molecule has 0 aromatic heterocycles. The van der Waals surface area contributed by atoms with E-state index in [4.69, 9.17) is 4.43 Å². The van der Waals surface area contributed by atoms with Crippen LogP contribution in [0.4, 0.5) is 0 Å². The monoisotopic (exact) mass is 352 g/mol. The maximum atomic E-state index is 6.63. The SMILES string of the molecule is C[Si](C)(C)OC(c1ccccc1)C1(Br)C2CCCCC21. The largest absolute Gasteiger partial charge is 0.409 e. The van der Waals surface area contributed by atoms with Crippen LogP contribution in [0.2, 0.25) is 19.6 Å². The number of alkyl halides is 1. The molecule has 3 rings (SSSR count). The van der Waals surface area contributed by atoms with Crippen molar-refractivity contribution >= 4 is 24.2 Å². The molecule has 0 amide bonds. The Balaban J connectivity index is 1.90. The van der Waals surface area contributed by atoms with Gasteiger partial charge in [-0.3, -0.25) is 0 Å². The van der Waals surface area contributed by atoms with Crippen molar-refractivity contribution in [3.63, 3.8) is 0 Å². The molecule has 2 aliphatic carbocycles. The van der Waals surface area contributed by atoms with Gasteiger partial charge in [0.05, 0.1) is 10.4 Å². The standard InChI is InChI=1S/C17H25BrOSi/c1-20(2,3)19-16(13-9-5-4-6-10-13)17(18)14-11-7-8-12-15(14)17/h4-6,9-10,14-16H,7-8,11-12H2,1-3H3. The van der Waals surface area contributed by atoms with Gasteiger partial charge in [0, 0.05) is 0 Å². The highest BCUT2D eigenvalue weighted by atomic mass is 79.9. The van der Waals surface area contributed by atoms with Crippen molar-refractivity contribution in [1.29, 1.82) is 0 Å². The lowest BCUT2D eigenvalue weighted by molar-refractivity contribution is 0.179. The van der Waals surface area contributed by atoms with E-state index in [1.54, 1.807) is 0 Å². The molecule has 3 heteroatoms. The van der Waals surface area contributed by atoms with Crippen molar-refractivity contribution in [1.82, 2.24) is 0 Å². The van der Waals surface area contributed by atoms with Gasteiger partial charge in [0.2, 0.25) is 0 Å². The average Bonchev–Trinajstić information content (AvgIpc) is 3.04. The zero-order valence-corrected chi connectivity index (χ0v) is 15.3. The Morgan fingerprint density at radius 2 is 1.65 bits per heavy atom. The minimum atomic E-state index is -1.57. The molecular weight excluding hydrogens is 328 g/mol. The fourth-order valence-corrected chi connectivity index (χ4v) is 6.41. The first-order valence-electron chi connectivity index (χ1n) is 7.84. The lowest BCUT2D eigenvalue weighted by Crippen LogP contribution is -2.33. The molecule has 3 atom stereocenters. The maximum Gasteiger partial charge on any atom is 0.184 e. The summed E-state index contributed by atoms with van der Waals surface area (Å²) in [6.07, 6.45) is 5.75. The van der Waals surface area contributed by atoms with E-state index >= 15 is 0 Å². The quantitative estimate of drug-likeness (QED) is 0.511. The molecular formula is C17H25BrOSi. The van der Waals surface area contributed by atoms with Crippen molar-refractivity contribution in [2.24, 2.45) is 11.8 Å². The number of hydrogen-bond donors (Lipinski definition) is 0. The van der Waals surface area contributed by atoms with E-state index in [0.29, 0.717) is 0 Å². The average molecular weight is 353 g/mol. The Bertz CT molecular complexity index is 456. The van der Waals surface area contributed by atoms with Crippen LogP contribution in [0.15, 0.2) is 30.3 Å². The third kappa shape index (κ3) is 2.64. The first-order valence-corrected chi connectivity index (χ1v) is 12.0. The molecule has 1 nitrogen and oxygen atoms in total. The number of halogens is 1. The second-order valence-corrected chi connectivity index (χ2v) is 13.2. The van der Waals surface area contributed by atoms with Crippen molar-refractivity contribution in [3.8, 4) is 0 Å². The molecule has 2 aliphatic rings. The number of benzene rings is 1. The summed E-state index contributed by atoms with van der Waals surface area (Å²) in [5, 5.41) is 0. The Morgan fingerprint density at radius 1 is 1.10 bits per heavy atom. The number of fused-ring (bicyclic) bond motifs is 1. The first-order chi connectivity index (χ1) is 9.43. The Labute approximate surface area is 132 Å². The van der Waals surface area contributed by atoms with E-state index in [9.17, 15) is 0 Å². The van der Waals surface area contributed by atoms with E-state index in [1.807, 2.05) is 0 Å². The predicted molar refractivity (Wildman–Crippen MR) is 90.7 cm³/mol. The highest BCUT2D eigenvalue weighted by Gasteiger charge is 2.67. The van der Waals surface area contributed by atoms with Gasteiger partial charge in [-0.05, 0) is 49.9 Å². The normalized spacial score (nSPS) is 34.4. The van der Waals surface area contributed by atoms with Crippen molar-refractivity contribution in [2.45, 2.75) is 55.8 Å². The molecule has 0 aliphatic heterocycles. The summed E-state index contributed by atoms with van der Waals surface area (Å²) in [6.45, 7) is 6.89. The van der Waals surface area contributed by atoms with Crippen LogP contribution >= 0.6 is 15.9 Å². The summed E-state index contributed by atoms with van der Waals surface area (Å²) in [5.74, 6) is 1.63. The predicted octanol–water partition coefficient (Wildman–Crippen LogP) is 5.53. The Morgan fingerprint density at radius 3 is 2.15 bits per heavy atom. The van der Waals surface area contributed by atoms with Crippen LogP contribution in [0.5, 0.6) is 0 Å². The third-order valence-corrected chi connectivity index (χ3v) is 7.30. The van der Waals surface area contributed by atoms with E-state index in [-0.39, 0.29) is 10.4 Å². The zero-order chi connectivity index (χ0) is 14.4. The maximum absolute atomic E-state index is 6.63. The summed E-state index contributed by atoms with van der Waals surface area (Å²) in [5.41, 5.74) is 1.35. The molecule has 1 aromatic carbocycles. The molecule has 2 saturated carbocycles. The summed E-state index contributed by atoms with van der Waals surface area (Å²) >= 11 is 4.14. The van der Waals surface area contributed by atoms with Gasteiger partial charge in [0.1, 0.15) is 0 Å². The topological polar surface area (TPSA) is 9.23 Å². The van der Waals surface area contributed by atoms with Gasteiger partial charge >= 0.3 is 0 Å². The van der Waals surface area contributed by atoms with E-state index in [1.165, 1.54) is 31.2 Å². The molecule has 110 valence electrons. The molecule has 0 heterocycles. The fraction of sp³-hybridized carbons (Fsp3) is 0.647. The zero-order valence-electron chi connectivity index (χ0n) is 12.7. The second kappa shape index (κ2) is 5.26. The molecule has 0 radical (unpaired) electrons. The van der Waals surface area contributed by atoms with Crippen LogP contribution in [0, 0.1) is 11.8 Å². The molecule has 0 saturated heterocycles. The number of rotatable bonds is 4. The van der Waals surface area contributed by atoms with Gasteiger partial charge in [-0.2, -0.15) is 0 Å². The minimum Gasteiger partial charge on any atom is -0.409 e. The van der Waals surface area contributed by atoms with Crippen LogP contribution in [0.3, 0.4) is 0 Å². The van der Waals surface area contributed by atoms with Gasteiger partial charge in [-0.1, -0.05) is 59.1 Å². The van der Waals surface area contributed by atoms with Gasteiger partial charge in [0.25, 0.3) is 0 Å². The van der Waals surface area contributed by atoms with Crippen LogP contribution < -0.4 is 0 Å². The van der Waals surface area contributed by atoms with Crippen LogP contribution in [-0.2, 0) is 4.43 Å². The first kappa shape index (κ1) is 14.8. The molecule has 20 heavy (non-hydrogen) atoms. The third-order valence-electron chi connectivity index (χ3n) is 4.77. The summed E-state index contributed by atoms with van der Waals surface area (Å²) in [4.78, 5) is 0. The molecule has 2 fully saturated rings. The Kier molecular flexibility index (Phi) is 3.89. The lowest BCUT2D eigenvalue weighted by atomic mass is 10.0. The summed E-state index contributed by atoms with van der Waals surface area (Å²) in [7, 11) is -1.57. The number of hydrogen-bond acceptors (Lipinski definition) is 1. The van der Waals surface area contributed by atoms with Gasteiger partial charge in [-0.15, -0.1) is 0 Å². The smallest absolute Gasteiger partial charge is 0.184 e. The van der Waals surface area contributed by atoms with Gasteiger partial charge in [0.15, 0.2) is 8.32 Å². The summed E-state index contributed by atoms with van der Waals surface area (Å²) in [6, 6.07) is 10.8. The second-order valence-electron chi connectivity index (χ2n) is 7.35. The van der Waals surface area contributed by atoms with Crippen LogP contribution in [-0.4, -0.2) is 12.6 Å². The van der Waals surface area contributed by atoms with Crippen LogP contribution in [0.1, 0.15) is 37.4 Å². The van der Waals surface area contributed by atoms with Crippen molar-refractivity contribution in [3.05, 3.63) is 35.9 Å². The van der Waals surface area contributed by atoms with Crippen molar-refractivity contribution < 1.29 is 4.43 Å². The van der Waals surface area contributed by atoms with E-state index in [0.717, 1.165) is 11.8 Å². The highest BCUT2D eigenvalue weighted by molar-refractivity contribution is 9.10. The molecule has 3 unspecified atom stereocenters. The molecule has 0 bridgehead atoms. The fourth-order valence-electron chi connectivity index (χ4n) is 3.88. The van der Waals surface area contributed by atoms with Crippen LogP contribution in [0.25, 0.3) is 0 Å². The molecule has 0 spiro atoms. The summed E-state index contributed by atoms with van der Waals surface area (Å²) < 4.78 is 6.83.